The number of aromatic nitrogens is 1. The molecule has 1 aromatic rings. The Hall–Kier alpha value is -1.66. The normalized spacial score (nSPS) is 23.6. The first kappa shape index (κ1) is 16.8. The Kier molecular flexibility index (Phi) is 4.90. The molecule has 1 aliphatic carbocycles. The summed E-state index contributed by atoms with van der Waals surface area (Å²) in [7, 11) is 2.10. The minimum Gasteiger partial charge on any atom is -0.492 e. The summed E-state index contributed by atoms with van der Waals surface area (Å²) in [4.78, 5) is 21.7. The first-order valence-electron chi connectivity index (χ1n) is 9.40. The number of carbonyl (C=O) groups is 1. The van der Waals surface area contributed by atoms with Gasteiger partial charge in [0, 0.05) is 26.2 Å². The molecule has 0 bridgehead atoms. The van der Waals surface area contributed by atoms with Crippen molar-refractivity contribution < 1.29 is 14.3 Å². The van der Waals surface area contributed by atoms with E-state index in [2.05, 4.69) is 16.9 Å². The quantitative estimate of drug-likeness (QED) is 0.811. The second-order valence-electron chi connectivity index (χ2n) is 7.54. The predicted octanol–water partition coefficient (Wildman–Crippen LogP) is 1.59. The lowest BCUT2D eigenvalue weighted by Gasteiger charge is -2.34. The van der Waals surface area contributed by atoms with Crippen molar-refractivity contribution >= 4 is 5.91 Å². The summed E-state index contributed by atoms with van der Waals surface area (Å²) in [5.41, 5.74) is 1.64. The number of morpholine rings is 1. The van der Waals surface area contributed by atoms with Crippen molar-refractivity contribution in [2.24, 2.45) is 5.92 Å². The fraction of sp³-hybridized carbons (Fsp3) is 0.684. The predicted molar refractivity (Wildman–Crippen MR) is 93.9 cm³/mol. The van der Waals surface area contributed by atoms with E-state index in [-0.39, 0.29) is 12.0 Å². The number of aryl methyl sites for hydroxylation is 1. The maximum Gasteiger partial charge on any atom is 0.272 e. The lowest BCUT2D eigenvalue weighted by molar-refractivity contribution is -0.0332. The molecule has 2 aliphatic heterocycles. The Morgan fingerprint density at radius 1 is 1.36 bits per heavy atom. The third kappa shape index (κ3) is 4.12. The van der Waals surface area contributed by atoms with Crippen LogP contribution in [0.1, 0.15) is 35.3 Å². The number of pyridine rings is 1. The van der Waals surface area contributed by atoms with Gasteiger partial charge in [-0.3, -0.25) is 4.79 Å². The van der Waals surface area contributed by atoms with Gasteiger partial charge in [-0.1, -0.05) is 0 Å². The van der Waals surface area contributed by atoms with Gasteiger partial charge in [0.25, 0.3) is 5.91 Å². The van der Waals surface area contributed by atoms with Crippen molar-refractivity contribution in [2.45, 2.75) is 31.8 Å². The number of nitrogens with zero attached hydrogens (tertiary/aromatic N) is 3. The van der Waals surface area contributed by atoms with Crippen molar-refractivity contribution in [3.63, 3.8) is 0 Å². The summed E-state index contributed by atoms with van der Waals surface area (Å²) >= 11 is 0. The molecule has 3 aliphatic rings. The molecular weight excluding hydrogens is 318 g/mol. The average Bonchev–Trinajstić information content (AvgIpc) is 3.44. The van der Waals surface area contributed by atoms with Crippen LogP contribution in [0.5, 0.6) is 5.75 Å². The molecule has 136 valence electrons. The van der Waals surface area contributed by atoms with Gasteiger partial charge in [0.2, 0.25) is 0 Å². The van der Waals surface area contributed by atoms with Gasteiger partial charge in [-0.2, -0.15) is 0 Å². The third-order valence-corrected chi connectivity index (χ3v) is 5.24. The second-order valence-corrected chi connectivity index (χ2v) is 7.54. The molecule has 1 amide bonds. The number of carbonyl (C=O) groups excluding carboxylic acids is 1. The smallest absolute Gasteiger partial charge is 0.272 e. The Bertz CT molecular complexity index is 632. The lowest BCUT2D eigenvalue weighted by Crippen LogP contribution is -2.48. The van der Waals surface area contributed by atoms with Crippen LogP contribution in [0, 0.1) is 5.92 Å². The number of amides is 1. The molecule has 4 rings (SSSR count). The number of rotatable bonds is 5. The van der Waals surface area contributed by atoms with Crippen LogP contribution >= 0.6 is 0 Å². The summed E-state index contributed by atoms with van der Waals surface area (Å²) in [6.45, 7) is 4.77. The number of ether oxygens (including phenoxy) is 2. The molecule has 1 saturated heterocycles. The molecule has 1 aromatic heterocycles. The summed E-state index contributed by atoms with van der Waals surface area (Å²) < 4.78 is 11.5. The fourth-order valence-electron chi connectivity index (χ4n) is 3.61. The van der Waals surface area contributed by atoms with E-state index in [1.165, 1.54) is 12.8 Å². The Morgan fingerprint density at radius 3 is 3.04 bits per heavy atom. The average molecular weight is 345 g/mol. The summed E-state index contributed by atoms with van der Waals surface area (Å²) in [5.74, 6) is 1.50. The first-order valence-corrected chi connectivity index (χ1v) is 9.40. The summed E-state index contributed by atoms with van der Waals surface area (Å²) in [6.07, 6.45) is 6.20. The van der Waals surface area contributed by atoms with Gasteiger partial charge in [-0.25, -0.2) is 4.98 Å². The van der Waals surface area contributed by atoms with Crippen molar-refractivity contribution in [3.05, 3.63) is 23.5 Å². The van der Waals surface area contributed by atoms with Crippen LogP contribution in [0.2, 0.25) is 0 Å². The maximum atomic E-state index is 13.1. The molecule has 1 unspecified atom stereocenters. The van der Waals surface area contributed by atoms with Gasteiger partial charge < -0.3 is 19.3 Å². The highest BCUT2D eigenvalue weighted by atomic mass is 16.5. The number of hydrogen-bond acceptors (Lipinski definition) is 5. The molecule has 6 nitrogen and oxygen atoms in total. The summed E-state index contributed by atoms with van der Waals surface area (Å²) in [6, 6.07) is 1.92. The molecule has 25 heavy (non-hydrogen) atoms. The highest BCUT2D eigenvalue weighted by molar-refractivity contribution is 5.92. The van der Waals surface area contributed by atoms with Gasteiger partial charge in [0.15, 0.2) is 0 Å². The van der Waals surface area contributed by atoms with Crippen LogP contribution in [-0.4, -0.2) is 73.2 Å². The molecule has 0 aromatic carbocycles. The number of fused-ring (bicyclic) bond motifs is 1. The van der Waals surface area contributed by atoms with Crippen molar-refractivity contribution in [1.29, 1.82) is 0 Å². The van der Waals surface area contributed by atoms with Gasteiger partial charge in [0.1, 0.15) is 11.4 Å². The minimum atomic E-state index is 0.0251. The van der Waals surface area contributed by atoms with Crippen molar-refractivity contribution in [1.82, 2.24) is 14.8 Å². The topological polar surface area (TPSA) is 54.9 Å². The first-order chi connectivity index (χ1) is 12.2. The number of likely N-dealkylation sites (N-methyl/N-ethyl adjacent to an activating group) is 1. The van der Waals surface area contributed by atoms with Gasteiger partial charge >= 0.3 is 0 Å². The Balaban J connectivity index is 1.48. The molecule has 0 radical (unpaired) electrons. The Labute approximate surface area is 149 Å². The van der Waals surface area contributed by atoms with Crippen LogP contribution in [0.3, 0.4) is 0 Å². The maximum absolute atomic E-state index is 13.1. The van der Waals surface area contributed by atoms with Crippen molar-refractivity contribution in [3.8, 4) is 5.75 Å². The SMILES string of the molecule is CN1CCOC(CN(CC2CC2)C(=O)c2cc3c(cn2)OCCC3)C1. The molecular formula is C19H27N3O3. The van der Waals surface area contributed by atoms with E-state index in [0.29, 0.717) is 18.2 Å². The van der Waals surface area contributed by atoms with Crippen LogP contribution in [0.25, 0.3) is 0 Å². The highest BCUT2D eigenvalue weighted by Crippen LogP contribution is 2.31. The van der Waals surface area contributed by atoms with Crippen LogP contribution in [-0.2, 0) is 11.2 Å². The molecule has 0 spiro atoms. The third-order valence-electron chi connectivity index (χ3n) is 5.24. The Morgan fingerprint density at radius 2 is 2.24 bits per heavy atom. The molecule has 3 heterocycles. The molecule has 1 saturated carbocycles. The van der Waals surface area contributed by atoms with Crippen LogP contribution in [0.15, 0.2) is 12.3 Å². The van der Waals surface area contributed by atoms with E-state index in [1.54, 1.807) is 6.20 Å². The second kappa shape index (κ2) is 7.30. The minimum absolute atomic E-state index is 0.0251. The molecule has 1 atom stereocenters. The summed E-state index contributed by atoms with van der Waals surface area (Å²) in [5, 5.41) is 0. The molecule has 2 fully saturated rings. The molecule has 6 heteroatoms. The fourth-order valence-corrected chi connectivity index (χ4v) is 3.61. The highest BCUT2D eigenvalue weighted by Gasteiger charge is 2.31. The van der Waals surface area contributed by atoms with E-state index in [0.717, 1.165) is 57.0 Å². The zero-order valence-electron chi connectivity index (χ0n) is 14.9. The van der Waals surface area contributed by atoms with E-state index in [9.17, 15) is 4.79 Å². The monoisotopic (exact) mass is 345 g/mol. The van der Waals surface area contributed by atoms with E-state index < -0.39 is 0 Å². The number of hydrogen-bond donors (Lipinski definition) is 0. The largest absolute Gasteiger partial charge is 0.492 e. The van der Waals surface area contributed by atoms with E-state index >= 15 is 0 Å². The van der Waals surface area contributed by atoms with Crippen LogP contribution in [0.4, 0.5) is 0 Å². The zero-order valence-corrected chi connectivity index (χ0v) is 14.9. The lowest BCUT2D eigenvalue weighted by atomic mass is 10.1. The molecule has 0 N–H and O–H groups in total. The van der Waals surface area contributed by atoms with Gasteiger partial charge in [-0.05, 0) is 50.3 Å². The van der Waals surface area contributed by atoms with E-state index in [4.69, 9.17) is 9.47 Å². The van der Waals surface area contributed by atoms with Gasteiger partial charge in [0.05, 0.1) is 25.5 Å². The van der Waals surface area contributed by atoms with Crippen LogP contribution < -0.4 is 4.74 Å². The zero-order chi connectivity index (χ0) is 17.2. The van der Waals surface area contributed by atoms with E-state index in [1.807, 2.05) is 11.0 Å². The standard InChI is InChI=1S/C19H27N3O3/c1-21-6-8-24-16(12-21)13-22(11-14-4-5-14)19(23)17-9-15-3-2-7-25-18(15)10-20-17/h9-10,14,16H,2-8,11-13H2,1H3. The van der Waals surface area contributed by atoms with Gasteiger partial charge in [-0.15, -0.1) is 0 Å². The van der Waals surface area contributed by atoms with Crippen molar-refractivity contribution in [2.75, 3.05) is 46.4 Å².